The topological polar surface area (TPSA) is 80.4 Å². The minimum absolute atomic E-state index is 0.00583. The molecule has 4 heteroatoms. The summed E-state index contributed by atoms with van der Waals surface area (Å²) in [6, 6.07) is 6.33. The van der Waals surface area contributed by atoms with Crippen molar-refractivity contribution in [3.05, 3.63) is 35.4 Å². The Morgan fingerprint density at radius 2 is 1.92 bits per heavy atom. The van der Waals surface area contributed by atoms with Crippen LogP contribution in [0.25, 0.3) is 0 Å². The van der Waals surface area contributed by atoms with E-state index in [1.807, 2.05) is 0 Å². The van der Waals surface area contributed by atoms with E-state index in [9.17, 15) is 9.59 Å². The first-order valence-electron chi connectivity index (χ1n) is 3.15. The highest BCUT2D eigenvalue weighted by molar-refractivity contribution is 5.96. The van der Waals surface area contributed by atoms with Crippen molar-refractivity contribution in [3.63, 3.8) is 0 Å². The maximum Gasteiger partial charge on any atom is 0.335 e. The lowest BCUT2D eigenvalue weighted by Gasteiger charge is -1.95. The zero-order valence-corrected chi connectivity index (χ0v) is 6.07. The summed E-state index contributed by atoms with van der Waals surface area (Å²) >= 11 is 0. The number of rotatable bonds is 2. The van der Waals surface area contributed by atoms with Crippen molar-refractivity contribution in [3.8, 4) is 0 Å². The molecule has 3 N–H and O–H groups in total. The van der Waals surface area contributed by atoms with Gasteiger partial charge in [0, 0.05) is 5.56 Å². The number of carboxylic acid groups (broad SMARTS) is 1. The first-order valence-corrected chi connectivity index (χ1v) is 3.15. The number of hydrogen-bond donors (Lipinski definition) is 2. The lowest BCUT2D eigenvalue weighted by molar-refractivity contribution is 0.0697. The van der Waals surface area contributed by atoms with Crippen molar-refractivity contribution in [1.82, 2.24) is 0 Å². The van der Waals surface area contributed by atoms with Crippen LogP contribution in [-0.4, -0.2) is 17.0 Å². The third-order valence-electron chi connectivity index (χ3n) is 1.32. The minimum atomic E-state index is -1.10. The van der Waals surface area contributed by atoms with Gasteiger partial charge in [-0.05, 0) is 24.3 Å². The zero-order valence-electron chi connectivity index (χ0n) is 6.07. The Kier molecular flexibility index (Phi) is 2.09. The molecule has 0 aromatic heterocycles. The van der Waals surface area contributed by atoms with Gasteiger partial charge in [0.05, 0.1) is 5.56 Å². The summed E-state index contributed by atoms with van der Waals surface area (Å²) in [6.07, 6.45) is 0. The Hall–Kier alpha value is -1.84. The summed E-state index contributed by atoms with van der Waals surface area (Å²) < 4.78 is 0. The van der Waals surface area contributed by atoms with Crippen molar-refractivity contribution in [1.29, 1.82) is 0 Å². The molecule has 0 atom stereocenters. The number of aromatic carboxylic acids is 1. The van der Waals surface area contributed by atoms with E-state index in [2.05, 4.69) is 6.07 Å². The van der Waals surface area contributed by atoms with Gasteiger partial charge in [0.2, 0.25) is 5.91 Å². The Bertz CT molecular complexity index is 304. The molecule has 1 amide bonds. The molecule has 0 aliphatic rings. The fraction of sp³-hybridized carbons (Fsp3) is 0. The lowest BCUT2D eigenvalue weighted by atomic mass is 10.1. The van der Waals surface area contributed by atoms with E-state index in [1.165, 1.54) is 18.2 Å². The number of hydrogen-bond acceptors (Lipinski definition) is 2. The molecule has 0 unspecified atom stereocenters. The molecule has 1 aromatic carbocycles. The highest BCUT2D eigenvalue weighted by Gasteiger charge is 2.05. The van der Waals surface area contributed by atoms with Crippen molar-refractivity contribution in [2.75, 3.05) is 0 Å². The molecule has 0 heterocycles. The van der Waals surface area contributed by atoms with E-state index in [4.69, 9.17) is 10.8 Å². The second-order valence-corrected chi connectivity index (χ2v) is 2.18. The maximum atomic E-state index is 10.6. The molecule has 0 aliphatic heterocycles. The largest absolute Gasteiger partial charge is 0.478 e. The highest BCUT2D eigenvalue weighted by atomic mass is 16.4. The summed E-state index contributed by atoms with van der Waals surface area (Å²) in [7, 11) is 0. The fourth-order valence-electron chi connectivity index (χ4n) is 0.738. The third-order valence-corrected chi connectivity index (χ3v) is 1.32. The molecule has 0 saturated carbocycles. The summed E-state index contributed by atoms with van der Waals surface area (Å²) in [4.78, 5) is 21.0. The van der Waals surface area contributed by atoms with Crippen LogP contribution in [0.1, 0.15) is 20.7 Å². The van der Waals surface area contributed by atoms with Gasteiger partial charge in [-0.2, -0.15) is 0 Å². The maximum absolute atomic E-state index is 10.6. The molecular weight excluding hydrogens is 158 g/mol. The van der Waals surface area contributed by atoms with Crippen molar-refractivity contribution < 1.29 is 14.7 Å². The molecule has 4 nitrogen and oxygen atoms in total. The van der Waals surface area contributed by atoms with Gasteiger partial charge in [-0.15, -0.1) is 0 Å². The Morgan fingerprint density at radius 3 is 2.42 bits per heavy atom. The van der Waals surface area contributed by atoms with Gasteiger partial charge in [-0.3, -0.25) is 4.79 Å². The third kappa shape index (κ3) is 1.60. The van der Waals surface area contributed by atoms with Crippen molar-refractivity contribution >= 4 is 11.9 Å². The van der Waals surface area contributed by atoms with E-state index >= 15 is 0 Å². The Morgan fingerprint density at radius 1 is 1.33 bits per heavy atom. The lowest BCUT2D eigenvalue weighted by Crippen LogP contribution is -2.11. The van der Waals surface area contributed by atoms with Gasteiger partial charge in [0.15, 0.2) is 0 Å². The van der Waals surface area contributed by atoms with Gasteiger partial charge in [0.25, 0.3) is 0 Å². The average molecular weight is 164 g/mol. The smallest absolute Gasteiger partial charge is 0.335 e. The van der Waals surface area contributed by atoms with Crippen LogP contribution in [-0.2, 0) is 0 Å². The number of amides is 1. The first kappa shape index (κ1) is 8.26. The van der Waals surface area contributed by atoms with Crippen LogP contribution in [0.4, 0.5) is 0 Å². The minimum Gasteiger partial charge on any atom is -0.478 e. The fourth-order valence-corrected chi connectivity index (χ4v) is 0.738. The zero-order chi connectivity index (χ0) is 9.14. The molecule has 0 saturated heterocycles. The number of carbonyl (C=O) groups is 2. The van der Waals surface area contributed by atoms with E-state index in [0.29, 0.717) is 0 Å². The molecular formula is C8H6NO3. The van der Waals surface area contributed by atoms with Crippen LogP contribution >= 0.6 is 0 Å². The van der Waals surface area contributed by atoms with Crippen molar-refractivity contribution in [2.24, 2.45) is 5.73 Å². The normalized spacial score (nSPS) is 9.33. The monoisotopic (exact) mass is 164 g/mol. The van der Waals surface area contributed by atoms with Crippen molar-refractivity contribution in [2.45, 2.75) is 0 Å². The highest BCUT2D eigenvalue weighted by Crippen LogP contribution is 2.03. The van der Waals surface area contributed by atoms with Gasteiger partial charge >= 0.3 is 5.97 Å². The molecule has 1 radical (unpaired) electrons. The Balaban J connectivity index is 3.12. The average Bonchev–Trinajstić information content (AvgIpc) is 2.04. The molecule has 1 aromatic rings. The molecule has 0 fully saturated rings. The number of carbonyl (C=O) groups excluding carboxylic acids is 1. The van der Waals surface area contributed by atoms with Crippen LogP contribution in [0.3, 0.4) is 0 Å². The molecule has 1 rings (SSSR count). The molecule has 0 spiro atoms. The van der Waals surface area contributed by atoms with Crippen LogP contribution in [0, 0.1) is 6.07 Å². The quantitative estimate of drug-likeness (QED) is 0.658. The van der Waals surface area contributed by atoms with Crippen LogP contribution in [0.15, 0.2) is 18.2 Å². The standard InChI is InChI=1S/C8H6NO3/c9-7(10)5-2-1-3-6(4-5)8(11)12/h2-4H,(H2,9,10)(H,11,12). The molecule has 0 bridgehead atoms. The van der Waals surface area contributed by atoms with Crippen LogP contribution in [0.5, 0.6) is 0 Å². The molecule has 61 valence electrons. The second kappa shape index (κ2) is 3.04. The number of benzene rings is 1. The summed E-state index contributed by atoms with van der Waals surface area (Å²) in [5, 5.41) is 8.52. The number of primary amides is 1. The van der Waals surface area contributed by atoms with E-state index in [1.54, 1.807) is 0 Å². The van der Waals surface area contributed by atoms with Crippen LogP contribution < -0.4 is 5.73 Å². The predicted molar refractivity (Wildman–Crippen MR) is 40.8 cm³/mol. The SMILES string of the molecule is NC(=O)c1c[c]cc(C(=O)O)c1. The van der Waals surface area contributed by atoms with E-state index in [0.717, 1.165) is 0 Å². The first-order chi connectivity index (χ1) is 5.61. The van der Waals surface area contributed by atoms with Gasteiger partial charge in [-0.1, -0.05) is 0 Å². The van der Waals surface area contributed by atoms with E-state index in [-0.39, 0.29) is 11.1 Å². The van der Waals surface area contributed by atoms with Gasteiger partial charge < -0.3 is 10.8 Å². The van der Waals surface area contributed by atoms with Gasteiger partial charge in [-0.25, -0.2) is 4.79 Å². The molecule has 12 heavy (non-hydrogen) atoms. The summed E-state index contributed by atoms with van der Waals surface area (Å²) in [5.41, 5.74) is 5.08. The summed E-state index contributed by atoms with van der Waals surface area (Å²) in [5.74, 6) is -1.76. The number of carboxylic acids is 1. The van der Waals surface area contributed by atoms with Gasteiger partial charge in [0.1, 0.15) is 0 Å². The summed E-state index contributed by atoms with van der Waals surface area (Å²) in [6.45, 7) is 0. The molecule has 0 aliphatic carbocycles. The van der Waals surface area contributed by atoms with Crippen LogP contribution in [0.2, 0.25) is 0 Å². The Labute approximate surface area is 68.6 Å². The predicted octanol–water partition coefficient (Wildman–Crippen LogP) is 0.284. The van der Waals surface area contributed by atoms with E-state index < -0.39 is 11.9 Å². The second-order valence-electron chi connectivity index (χ2n) is 2.18. The number of nitrogens with two attached hydrogens (primary N) is 1.